The number of thiophene rings is 1. The maximum Gasteiger partial charge on any atom is 0.133 e. The van der Waals surface area contributed by atoms with Crippen LogP contribution in [-0.2, 0) is 6.42 Å². The molecule has 2 rings (SSSR count). The standard InChI is InChI=1S/C15H18BrNOS/c1-4-10-7-8-19-15(10)14(17-2)11-5-6-13(18-3)12(16)9-11/h5-9,14,17H,4H2,1-3H3. The second-order valence-electron chi connectivity index (χ2n) is 4.28. The molecule has 1 aromatic carbocycles. The van der Waals surface area contributed by atoms with Crippen molar-refractivity contribution in [1.29, 1.82) is 0 Å². The van der Waals surface area contributed by atoms with E-state index in [1.807, 2.05) is 24.5 Å². The summed E-state index contributed by atoms with van der Waals surface area (Å²) in [4.78, 5) is 1.39. The van der Waals surface area contributed by atoms with Crippen LogP contribution in [0.4, 0.5) is 0 Å². The van der Waals surface area contributed by atoms with E-state index in [4.69, 9.17) is 4.74 Å². The van der Waals surface area contributed by atoms with E-state index >= 15 is 0 Å². The van der Waals surface area contributed by atoms with Crippen LogP contribution in [0.2, 0.25) is 0 Å². The van der Waals surface area contributed by atoms with Crippen LogP contribution in [0.1, 0.15) is 29.0 Å². The highest BCUT2D eigenvalue weighted by Crippen LogP contribution is 2.34. The maximum atomic E-state index is 5.28. The topological polar surface area (TPSA) is 21.3 Å². The maximum absolute atomic E-state index is 5.28. The number of hydrogen-bond acceptors (Lipinski definition) is 3. The molecular formula is C15H18BrNOS. The fourth-order valence-electron chi connectivity index (χ4n) is 2.20. The molecule has 0 bridgehead atoms. The largest absolute Gasteiger partial charge is 0.496 e. The molecule has 0 saturated heterocycles. The Kier molecular flexibility index (Phi) is 5.02. The number of nitrogens with one attached hydrogen (secondary N) is 1. The minimum atomic E-state index is 0.233. The molecule has 0 aliphatic rings. The van der Waals surface area contributed by atoms with E-state index in [2.05, 4.69) is 51.7 Å². The summed E-state index contributed by atoms with van der Waals surface area (Å²) < 4.78 is 6.27. The minimum Gasteiger partial charge on any atom is -0.496 e. The molecule has 1 atom stereocenters. The molecule has 0 fully saturated rings. The first-order valence-corrected chi connectivity index (χ1v) is 7.95. The minimum absolute atomic E-state index is 0.233. The summed E-state index contributed by atoms with van der Waals surface area (Å²) >= 11 is 5.36. The number of halogens is 1. The highest BCUT2D eigenvalue weighted by atomic mass is 79.9. The Morgan fingerprint density at radius 2 is 2.16 bits per heavy atom. The number of ether oxygens (including phenoxy) is 1. The van der Waals surface area contributed by atoms with E-state index < -0.39 is 0 Å². The number of benzene rings is 1. The number of hydrogen-bond donors (Lipinski definition) is 1. The van der Waals surface area contributed by atoms with Crippen molar-refractivity contribution in [2.24, 2.45) is 0 Å². The number of rotatable bonds is 5. The van der Waals surface area contributed by atoms with Crippen molar-refractivity contribution in [3.05, 3.63) is 50.1 Å². The lowest BCUT2D eigenvalue weighted by Crippen LogP contribution is -2.17. The van der Waals surface area contributed by atoms with Crippen molar-refractivity contribution in [2.45, 2.75) is 19.4 Å². The number of methoxy groups -OCH3 is 1. The predicted octanol–water partition coefficient (Wildman–Crippen LogP) is 4.39. The Morgan fingerprint density at radius 3 is 2.74 bits per heavy atom. The lowest BCUT2D eigenvalue weighted by Gasteiger charge is -2.18. The first kappa shape index (κ1) is 14.6. The molecule has 0 aliphatic carbocycles. The average molecular weight is 340 g/mol. The van der Waals surface area contributed by atoms with E-state index in [9.17, 15) is 0 Å². The van der Waals surface area contributed by atoms with Crippen LogP contribution in [0.3, 0.4) is 0 Å². The third kappa shape index (κ3) is 3.02. The Hall–Kier alpha value is -0.840. The van der Waals surface area contributed by atoms with Crippen molar-refractivity contribution in [3.63, 3.8) is 0 Å². The average Bonchev–Trinajstić information content (AvgIpc) is 2.88. The van der Waals surface area contributed by atoms with Crippen molar-refractivity contribution < 1.29 is 4.74 Å². The first-order chi connectivity index (χ1) is 9.21. The molecule has 1 aromatic heterocycles. The molecular weight excluding hydrogens is 322 g/mol. The molecule has 19 heavy (non-hydrogen) atoms. The highest BCUT2D eigenvalue weighted by molar-refractivity contribution is 9.10. The lowest BCUT2D eigenvalue weighted by molar-refractivity contribution is 0.412. The Balaban J connectivity index is 2.40. The van der Waals surface area contributed by atoms with Gasteiger partial charge >= 0.3 is 0 Å². The van der Waals surface area contributed by atoms with Crippen molar-refractivity contribution in [1.82, 2.24) is 5.32 Å². The van der Waals surface area contributed by atoms with Gasteiger partial charge in [0.25, 0.3) is 0 Å². The van der Waals surface area contributed by atoms with Gasteiger partial charge in [0.05, 0.1) is 17.6 Å². The van der Waals surface area contributed by atoms with Gasteiger partial charge < -0.3 is 10.1 Å². The first-order valence-electron chi connectivity index (χ1n) is 6.28. The lowest BCUT2D eigenvalue weighted by atomic mass is 10.0. The van der Waals surface area contributed by atoms with Crippen LogP contribution in [0.25, 0.3) is 0 Å². The zero-order valence-electron chi connectivity index (χ0n) is 11.4. The Morgan fingerprint density at radius 1 is 1.37 bits per heavy atom. The van der Waals surface area contributed by atoms with Crippen LogP contribution in [0.5, 0.6) is 5.75 Å². The van der Waals surface area contributed by atoms with Gasteiger partial charge in [-0.15, -0.1) is 11.3 Å². The van der Waals surface area contributed by atoms with E-state index in [-0.39, 0.29) is 6.04 Å². The Labute approximate surface area is 126 Å². The molecule has 4 heteroatoms. The zero-order valence-corrected chi connectivity index (χ0v) is 13.8. The Bertz CT molecular complexity index is 553. The van der Waals surface area contributed by atoms with Gasteiger partial charge in [-0.25, -0.2) is 0 Å². The van der Waals surface area contributed by atoms with Gasteiger partial charge in [0.1, 0.15) is 5.75 Å². The molecule has 2 nitrogen and oxygen atoms in total. The third-order valence-electron chi connectivity index (χ3n) is 3.22. The second kappa shape index (κ2) is 6.55. The van der Waals surface area contributed by atoms with Gasteiger partial charge in [0.2, 0.25) is 0 Å². The van der Waals surface area contributed by atoms with E-state index in [0.29, 0.717) is 0 Å². The summed E-state index contributed by atoms with van der Waals surface area (Å²) in [6.45, 7) is 2.20. The van der Waals surface area contributed by atoms with Gasteiger partial charge in [-0.2, -0.15) is 0 Å². The summed E-state index contributed by atoms with van der Waals surface area (Å²) in [5, 5.41) is 5.57. The smallest absolute Gasteiger partial charge is 0.133 e. The van der Waals surface area contributed by atoms with Gasteiger partial charge in [-0.1, -0.05) is 13.0 Å². The quantitative estimate of drug-likeness (QED) is 0.872. The van der Waals surface area contributed by atoms with Gasteiger partial charge in [0, 0.05) is 4.88 Å². The molecule has 1 N–H and O–H groups in total. The van der Waals surface area contributed by atoms with Crippen molar-refractivity contribution in [2.75, 3.05) is 14.2 Å². The third-order valence-corrected chi connectivity index (χ3v) is 4.87. The molecule has 1 heterocycles. The summed E-state index contributed by atoms with van der Waals surface area (Å²) in [5.74, 6) is 0.862. The predicted molar refractivity (Wildman–Crippen MR) is 85.3 cm³/mol. The second-order valence-corrected chi connectivity index (χ2v) is 6.08. The van der Waals surface area contributed by atoms with Gasteiger partial charge in [-0.3, -0.25) is 0 Å². The van der Waals surface area contributed by atoms with E-state index in [1.54, 1.807) is 7.11 Å². The summed E-state index contributed by atoms with van der Waals surface area (Å²) in [5.41, 5.74) is 2.66. The summed E-state index contributed by atoms with van der Waals surface area (Å²) in [6, 6.07) is 8.69. The summed E-state index contributed by atoms with van der Waals surface area (Å²) in [6.07, 6.45) is 1.06. The molecule has 0 saturated carbocycles. The monoisotopic (exact) mass is 339 g/mol. The molecule has 1 unspecified atom stereocenters. The van der Waals surface area contributed by atoms with E-state index in [1.165, 1.54) is 16.0 Å². The fraction of sp³-hybridized carbons (Fsp3) is 0.333. The SMILES string of the molecule is CCc1ccsc1C(NC)c1ccc(OC)c(Br)c1. The van der Waals surface area contributed by atoms with E-state index in [0.717, 1.165) is 16.6 Å². The molecule has 0 spiro atoms. The normalized spacial score (nSPS) is 12.4. The van der Waals surface area contributed by atoms with Crippen molar-refractivity contribution >= 4 is 27.3 Å². The highest BCUT2D eigenvalue weighted by Gasteiger charge is 2.17. The van der Waals surface area contributed by atoms with Crippen LogP contribution < -0.4 is 10.1 Å². The van der Waals surface area contributed by atoms with Gasteiger partial charge in [0.15, 0.2) is 0 Å². The zero-order chi connectivity index (χ0) is 13.8. The van der Waals surface area contributed by atoms with Crippen LogP contribution in [-0.4, -0.2) is 14.2 Å². The summed E-state index contributed by atoms with van der Waals surface area (Å²) in [7, 11) is 3.69. The van der Waals surface area contributed by atoms with Crippen LogP contribution in [0, 0.1) is 0 Å². The molecule has 0 aliphatic heterocycles. The molecule has 102 valence electrons. The van der Waals surface area contributed by atoms with Gasteiger partial charge in [-0.05, 0) is 64.1 Å². The molecule has 0 radical (unpaired) electrons. The van der Waals surface area contributed by atoms with Crippen molar-refractivity contribution in [3.8, 4) is 5.75 Å². The van der Waals surface area contributed by atoms with Crippen LogP contribution in [0.15, 0.2) is 34.1 Å². The molecule has 2 aromatic rings. The number of aryl methyl sites for hydroxylation is 1. The van der Waals surface area contributed by atoms with Crippen LogP contribution >= 0.6 is 27.3 Å². The molecule has 0 amide bonds. The fourth-order valence-corrected chi connectivity index (χ4v) is 3.90.